The van der Waals surface area contributed by atoms with Crippen molar-refractivity contribution in [3.05, 3.63) is 57.8 Å². The Labute approximate surface area is 133 Å². The largest absolute Gasteiger partial charge is 0.298 e. The highest BCUT2D eigenvalue weighted by atomic mass is 35.5. The molecular formula is C14H7Cl2FN2OS. The smallest absolute Gasteiger partial charge is 0.258 e. The van der Waals surface area contributed by atoms with Gasteiger partial charge in [-0.3, -0.25) is 10.1 Å². The molecule has 106 valence electrons. The lowest BCUT2D eigenvalue weighted by Crippen LogP contribution is -2.12. The molecule has 0 aliphatic carbocycles. The predicted molar refractivity (Wildman–Crippen MR) is 84.0 cm³/mol. The molecule has 21 heavy (non-hydrogen) atoms. The number of aromatic nitrogens is 1. The number of benzene rings is 2. The molecule has 1 aromatic heterocycles. The highest BCUT2D eigenvalue weighted by Gasteiger charge is 2.14. The van der Waals surface area contributed by atoms with Crippen LogP contribution in [0.1, 0.15) is 10.4 Å². The second kappa shape index (κ2) is 5.60. The lowest BCUT2D eigenvalue weighted by molar-refractivity contribution is 0.102. The van der Waals surface area contributed by atoms with E-state index in [2.05, 4.69) is 10.3 Å². The van der Waals surface area contributed by atoms with Gasteiger partial charge in [-0.25, -0.2) is 9.37 Å². The summed E-state index contributed by atoms with van der Waals surface area (Å²) >= 11 is 12.9. The maximum atomic E-state index is 13.6. The van der Waals surface area contributed by atoms with Crippen molar-refractivity contribution in [3.63, 3.8) is 0 Å². The fourth-order valence-corrected chi connectivity index (χ4v) is 3.18. The summed E-state index contributed by atoms with van der Waals surface area (Å²) in [6.07, 6.45) is 0. The molecule has 0 fully saturated rings. The lowest BCUT2D eigenvalue weighted by Gasteiger charge is -2.04. The first-order valence-corrected chi connectivity index (χ1v) is 7.43. The Hall–Kier alpha value is -1.69. The Morgan fingerprint density at radius 1 is 1.24 bits per heavy atom. The summed E-state index contributed by atoms with van der Waals surface area (Å²) in [4.78, 5) is 16.2. The lowest BCUT2D eigenvalue weighted by atomic mass is 10.2. The molecule has 0 bridgehead atoms. The summed E-state index contributed by atoms with van der Waals surface area (Å²) in [5.74, 6) is -0.843. The molecule has 7 heteroatoms. The number of hydrogen-bond donors (Lipinski definition) is 1. The van der Waals surface area contributed by atoms with Crippen molar-refractivity contribution in [1.29, 1.82) is 0 Å². The van der Waals surface area contributed by atoms with Crippen LogP contribution >= 0.6 is 34.5 Å². The van der Waals surface area contributed by atoms with Crippen LogP contribution in [0.3, 0.4) is 0 Å². The van der Waals surface area contributed by atoms with Gasteiger partial charge < -0.3 is 0 Å². The molecule has 0 spiro atoms. The molecule has 0 radical (unpaired) electrons. The number of carbonyl (C=O) groups is 1. The molecule has 0 aliphatic rings. The van der Waals surface area contributed by atoms with Gasteiger partial charge in [0, 0.05) is 5.02 Å². The van der Waals surface area contributed by atoms with Gasteiger partial charge in [0.25, 0.3) is 5.91 Å². The molecule has 3 rings (SSSR count). The summed E-state index contributed by atoms with van der Waals surface area (Å²) in [6.45, 7) is 0. The van der Waals surface area contributed by atoms with Crippen molar-refractivity contribution in [2.75, 3.05) is 5.32 Å². The number of halogens is 3. The average molecular weight is 341 g/mol. The van der Waals surface area contributed by atoms with Crippen molar-refractivity contribution >= 4 is 55.8 Å². The molecule has 0 unspecified atom stereocenters. The van der Waals surface area contributed by atoms with Crippen molar-refractivity contribution in [1.82, 2.24) is 4.98 Å². The zero-order chi connectivity index (χ0) is 15.0. The number of rotatable bonds is 2. The molecule has 1 amide bonds. The molecule has 1 N–H and O–H groups in total. The zero-order valence-electron chi connectivity index (χ0n) is 10.4. The predicted octanol–water partition coefficient (Wildman–Crippen LogP) is 4.99. The summed E-state index contributed by atoms with van der Waals surface area (Å²) in [5.41, 5.74) is 0.515. The van der Waals surface area contributed by atoms with Gasteiger partial charge in [-0.1, -0.05) is 40.6 Å². The molecule has 0 atom stereocenters. The number of amides is 1. The number of hydrogen-bond acceptors (Lipinski definition) is 3. The quantitative estimate of drug-likeness (QED) is 0.713. The van der Waals surface area contributed by atoms with E-state index >= 15 is 0 Å². The van der Waals surface area contributed by atoms with Crippen molar-refractivity contribution < 1.29 is 9.18 Å². The van der Waals surface area contributed by atoms with E-state index in [0.29, 0.717) is 14.9 Å². The first-order valence-electron chi connectivity index (χ1n) is 5.86. The highest BCUT2D eigenvalue weighted by molar-refractivity contribution is 7.22. The van der Waals surface area contributed by atoms with E-state index in [-0.39, 0.29) is 16.1 Å². The van der Waals surface area contributed by atoms with Crippen molar-refractivity contribution in [2.45, 2.75) is 0 Å². The van der Waals surface area contributed by atoms with Gasteiger partial charge >= 0.3 is 0 Å². The third kappa shape index (κ3) is 2.85. The molecule has 3 nitrogen and oxygen atoms in total. The van der Waals surface area contributed by atoms with Crippen LogP contribution in [0.25, 0.3) is 10.2 Å². The van der Waals surface area contributed by atoms with Gasteiger partial charge in [0.2, 0.25) is 0 Å². The third-order valence-electron chi connectivity index (χ3n) is 2.77. The molecule has 0 saturated carbocycles. The summed E-state index contributed by atoms with van der Waals surface area (Å²) in [5, 5.41) is 3.61. The zero-order valence-corrected chi connectivity index (χ0v) is 12.7. The normalized spacial score (nSPS) is 10.8. The molecule has 1 heterocycles. The van der Waals surface area contributed by atoms with E-state index in [1.165, 1.54) is 29.5 Å². The maximum Gasteiger partial charge on any atom is 0.258 e. The van der Waals surface area contributed by atoms with E-state index < -0.39 is 11.7 Å². The van der Waals surface area contributed by atoms with Crippen molar-refractivity contribution in [2.24, 2.45) is 0 Å². The van der Waals surface area contributed by atoms with E-state index in [0.717, 1.165) is 0 Å². The van der Waals surface area contributed by atoms with Crippen LogP contribution in [-0.4, -0.2) is 10.9 Å². The third-order valence-corrected chi connectivity index (χ3v) is 4.25. The van der Waals surface area contributed by atoms with E-state index in [1.807, 2.05) is 0 Å². The van der Waals surface area contributed by atoms with Gasteiger partial charge in [-0.15, -0.1) is 0 Å². The Bertz CT molecular complexity index is 850. The SMILES string of the molecule is O=C(Nc1nc2c(F)cccc2s1)c1ccc(Cl)cc1Cl. The van der Waals surface area contributed by atoms with Crippen LogP contribution in [0.5, 0.6) is 0 Å². The van der Waals surface area contributed by atoms with E-state index in [9.17, 15) is 9.18 Å². The van der Waals surface area contributed by atoms with Crippen LogP contribution in [0.4, 0.5) is 9.52 Å². The summed E-state index contributed by atoms with van der Waals surface area (Å²) in [6, 6.07) is 9.23. The molecule has 3 aromatic rings. The Balaban J connectivity index is 1.91. The van der Waals surface area contributed by atoms with Gasteiger partial charge in [0.1, 0.15) is 11.3 Å². The fourth-order valence-electron chi connectivity index (χ4n) is 1.81. The van der Waals surface area contributed by atoms with Crippen LogP contribution in [0, 0.1) is 5.82 Å². The second-order valence-corrected chi connectivity index (χ2v) is 6.06. The second-order valence-electron chi connectivity index (χ2n) is 4.18. The van der Waals surface area contributed by atoms with Crippen LogP contribution in [-0.2, 0) is 0 Å². The standard InChI is InChI=1S/C14H7Cl2FN2OS/c15-7-4-5-8(9(16)6-7)13(20)19-14-18-12-10(17)2-1-3-11(12)21-14/h1-6H,(H,18,19,20). The Morgan fingerprint density at radius 2 is 2.05 bits per heavy atom. The number of anilines is 1. The monoisotopic (exact) mass is 340 g/mol. The highest BCUT2D eigenvalue weighted by Crippen LogP contribution is 2.28. The molecule has 0 saturated heterocycles. The molecule has 2 aromatic carbocycles. The van der Waals surface area contributed by atoms with E-state index in [1.54, 1.807) is 18.2 Å². The number of thiazole rings is 1. The number of fused-ring (bicyclic) bond motifs is 1. The van der Waals surface area contributed by atoms with Crippen LogP contribution in [0.15, 0.2) is 36.4 Å². The van der Waals surface area contributed by atoms with Gasteiger partial charge in [-0.05, 0) is 30.3 Å². The first-order chi connectivity index (χ1) is 10.0. The van der Waals surface area contributed by atoms with Crippen molar-refractivity contribution in [3.8, 4) is 0 Å². The van der Waals surface area contributed by atoms with Gasteiger partial charge in [-0.2, -0.15) is 0 Å². The van der Waals surface area contributed by atoms with Crippen LogP contribution < -0.4 is 5.32 Å². The number of carbonyl (C=O) groups excluding carboxylic acids is 1. The average Bonchev–Trinajstić information content (AvgIpc) is 2.82. The minimum atomic E-state index is -0.422. The fraction of sp³-hybridized carbons (Fsp3) is 0. The minimum Gasteiger partial charge on any atom is -0.298 e. The number of nitrogens with one attached hydrogen (secondary N) is 1. The maximum absolute atomic E-state index is 13.6. The minimum absolute atomic E-state index is 0.236. The molecular weight excluding hydrogens is 334 g/mol. The first kappa shape index (κ1) is 14.3. The Morgan fingerprint density at radius 3 is 2.76 bits per heavy atom. The number of nitrogens with zero attached hydrogens (tertiary/aromatic N) is 1. The van der Waals surface area contributed by atoms with Gasteiger partial charge in [0.15, 0.2) is 5.13 Å². The topological polar surface area (TPSA) is 42.0 Å². The van der Waals surface area contributed by atoms with Gasteiger partial charge in [0.05, 0.1) is 15.3 Å². The summed E-state index contributed by atoms with van der Waals surface area (Å²) in [7, 11) is 0. The molecule has 0 aliphatic heterocycles. The summed E-state index contributed by atoms with van der Waals surface area (Å²) < 4.78 is 14.2. The Kier molecular flexibility index (Phi) is 3.80. The van der Waals surface area contributed by atoms with E-state index in [4.69, 9.17) is 23.2 Å². The van der Waals surface area contributed by atoms with Crippen LogP contribution in [0.2, 0.25) is 10.0 Å². The number of para-hydroxylation sites is 1.